The van der Waals surface area contributed by atoms with E-state index in [9.17, 15) is 4.79 Å². The number of amides is 1. The van der Waals surface area contributed by atoms with Crippen molar-refractivity contribution >= 4 is 5.91 Å². The van der Waals surface area contributed by atoms with Crippen LogP contribution in [0.3, 0.4) is 0 Å². The molecular weight excluding hydrogens is 260 g/mol. The van der Waals surface area contributed by atoms with Crippen LogP contribution in [0.15, 0.2) is 0 Å². The summed E-state index contributed by atoms with van der Waals surface area (Å²) in [5.74, 6) is 1.27. The SMILES string of the molecule is CN(C(=O)C12CC3CC(C)(CC(C)(C3)C1)C2)C1CCNC1. The molecule has 0 radical (unpaired) electrons. The van der Waals surface area contributed by atoms with E-state index in [2.05, 4.69) is 31.1 Å². The molecule has 0 aromatic rings. The maximum Gasteiger partial charge on any atom is 0.228 e. The Kier molecular flexibility index (Phi) is 2.84. The van der Waals surface area contributed by atoms with Gasteiger partial charge in [0, 0.05) is 19.6 Å². The van der Waals surface area contributed by atoms with Crippen LogP contribution in [0, 0.1) is 22.2 Å². The van der Waals surface area contributed by atoms with E-state index in [1.807, 2.05) is 0 Å². The van der Waals surface area contributed by atoms with Gasteiger partial charge in [0.25, 0.3) is 0 Å². The van der Waals surface area contributed by atoms with Gasteiger partial charge in [-0.25, -0.2) is 0 Å². The molecule has 3 heteroatoms. The Balaban J connectivity index is 1.62. The largest absolute Gasteiger partial charge is 0.341 e. The smallest absolute Gasteiger partial charge is 0.228 e. The molecule has 5 rings (SSSR count). The van der Waals surface area contributed by atoms with Gasteiger partial charge in [-0.1, -0.05) is 13.8 Å². The molecule has 1 heterocycles. The minimum absolute atomic E-state index is 0.0275. The second-order valence-electron chi connectivity index (χ2n) is 9.47. The van der Waals surface area contributed by atoms with Gasteiger partial charge >= 0.3 is 0 Å². The molecule has 118 valence electrons. The van der Waals surface area contributed by atoms with Gasteiger partial charge in [0.2, 0.25) is 5.91 Å². The first-order chi connectivity index (χ1) is 9.83. The third-order valence-corrected chi connectivity index (χ3v) is 6.98. The summed E-state index contributed by atoms with van der Waals surface area (Å²) in [5, 5.41) is 3.40. The number of carbonyl (C=O) groups excluding carboxylic acids is 1. The maximum atomic E-state index is 13.4. The van der Waals surface area contributed by atoms with Crippen molar-refractivity contribution in [3.05, 3.63) is 0 Å². The number of rotatable bonds is 2. The van der Waals surface area contributed by atoms with Crippen molar-refractivity contribution in [1.82, 2.24) is 10.2 Å². The zero-order valence-electron chi connectivity index (χ0n) is 13.9. The fourth-order valence-corrected chi connectivity index (χ4v) is 7.20. The van der Waals surface area contributed by atoms with Crippen LogP contribution in [0.1, 0.15) is 58.8 Å². The van der Waals surface area contributed by atoms with Gasteiger partial charge in [0.05, 0.1) is 5.41 Å². The highest BCUT2D eigenvalue weighted by Crippen LogP contribution is 2.69. The lowest BCUT2D eigenvalue weighted by atomic mass is 9.40. The highest BCUT2D eigenvalue weighted by molar-refractivity contribution is 5.83. The summed E-state index contributed by atoms with van der Waals surface area (Å²) in [6.45, 7) is 6.95. The molecule has 4 aliphatic carbocycles. The van der Waals surface area contributed by atoms with E-state index in [4.69, 9.17) is 0 Å². The van der Waals surface area contributed by atoms with E-state index < -0.39 is 0 Å². The molecule has 0 aromatic carbocycles. The molecule has 0 aromatic heterocycles. The molecule has 0 spiro atoms. The van der Waals surface area contributed by atoms with Crippen LogP contribution >= 0.6 is 0 Å². The number of hydrogen-bond donors (Lipinski definition) is 1. The maximum absolute atomic E-state index is 13.4. The second kappa shape index (κ2) is 4.24. The quantitative estimate of drug-likeness (QED) is 0.848. The summed E-state index contributed by atoms with van der Waals surface area (Å²) < 4.78 is 0. The molecule has 1 N–H and O–H groups in total. The molecule has 4 saturated carbocycles. The number of likely N-dealkylation sites (N-methyl/N-ethyl adjacent to an activating group) is 1. The number of hydrogen-bond acceptors (Lipinski definition) is 2. The van der Waals surface area contributed by atoms with E-state index in [0.29, 0.717) is 22.8 Å². The zero-order chi connectivity index (χ0) is 14.9. The summed E-state index contributed by atoms with van der Waals surface area (Å²) in [7, 11) is 2.06. The lowest BCUT2D eigenvalue weighted by molar-refractivity contribution is -0.179. The molecular formula is C18H30N2O. The molecule has 21 heavy (non-hydrogen) atoms. The highest BCUT2D eigenvalue weighted by atomic mass is 16.2. The van der Waals surface area contributed by atoms with Crippen LogP contribution in [0.5, 0.6) is 0 Å². The van der Waals surface area contributed by atoms with Crippen molar-refractivity contribution in [2.24, 2.45) is 22.2 Å². The van der Waals surface area contributed by atoms with E-state index in [1.165, 1.54) is 25.7 Å². The zero-order valence-corrected chi connectivity index (χ0v) is 13.9. The van der Waals surface area contributed by atoms with Crippen LogP contribution in [0.2, 0.25) is 0 Å². The van der Waals surface area contributed by atoms with Crippen molar-refractivity contribution in [2.45, 2.75) is 64.8 Å². The average molecular weight is 290 g/mol. The molecule has 1 aliphatic heterocycles. The van der Waals surface area contributed by atoms with E-state index in [-0.39, 0.29) is 5.41 Å². The second-order valence-corrected chi connectivity index (χ2v) is 9.47. The minimum atomic E-state index is -0.0275. The van der Waals surface area contributed by atoms with Gasteiger partial charge in [-0.2, -0.15) is 0 Å². The van der Waals surface area contributed by atoms with Crippen LogP contribution in [-0.2, 0) is 4.79 Å². The normalized spacial score (nSPS) is 51.4. The first-order valence-electron chi connectivity index (χ1n) is 8.81. The number of carbonyl (C=O) groups is 1. The molecule has 4 bridgehead atoms. The monoisotopic (exact) mass is 290 g/mol. The predicted octanol–water partition coefficient (Wildman–Crippen LogP) is 2.80. The molecule has 3 atom stereocenters. The molecule has 1 saturated heterocycles. The standard InChI is InChI=1S/C18H30N2O/c1-16-6-13-7-17(2,10-16)12-18(8-13,11-16)15(21)20(3)14-4-5-19-9-14/h13-14,19H,4-12H2,1-3H3. The summed E-state index contributed by atoms with van der Waals surface area (Å²) in [6, 6.07) is 0.422. The molecule has 3 unspecified atom stereocenters. The Morgan fingerprint density at radius 2 is 1.76 bits per heavy atom. The Morgan fingerprint density at radius 1 is 1.10 bits per heavy atom. The van der Waals surface area contributed by atoms with Crippen molar-refractivity contribution in [3.63, 3.8) is 0 Å². The van der Waals surface area contributed by atoms with Crippen molar-refractivity contribution in [2.75, 3.05) is 20.1 Å². The van der Waals surface area contributed by atoms with Crippen LogP contribution in [0.25, 0.3) is 0 Å². The lowest BCUT2D eigenvalue weighted by Crippen LogP contribution is -2.61. The van der Waals surface area contributed by atoms with Gasteiger partial charge in [-0.3, -0.25) is 4.79 Å². The lowest BCUT2D eigenvalue weighted by Gasteiger charge is -2.65. The van der Waals surface area contributed by atoms with E-state index >= 15 is 0 Å². The van der Waals surface area contributed by atoms with E-state index in [1.54, 1.807) is 0 Å². The topological polar surface area (TPSA) is 32.3 Å². The predicted molar refractivity (Wildman–Crippen MR) is 83.9 cm³/mol. The minimum Gasteiger partial charge on any atom is -0.341 e. The number of nitrogens with one attached hydrogen (secondary N) is 1. The van der Waals surface area contributed by atoms with Gasteiger partial charge in [0.1, 0.15) is 0 Å². The molecule has 1 amide bonds. The van der Waals surface area contributed by atoms with Crippen LogP contribution in [0.4, 0.5) is 0 Å². The Labute approximate surface area is 128 Å². The summed E-state index contributed by atoms with van der Waals surface area (Å²) in [5.41, 5.74) is 0.831. The first-order valence-corrected chi connectivity index (χ1v) is 8.81. The Hall–Kier alpha value is -0.570. The number of nitrogens with zero attached hydrogens (tertiary/aromatic N) is 1. The Bertz CT molecular complexity index is 450. The Morgan fingerprint density at radius 3 is 2.29 bits per heavy atom. The fraction of sp³-hybridized carbons (Fsp3) is 0.944. The summed E-state index contributed by atoms with van der Waals surface area (Å²) in [6.07, 6.45) is 8.67. The highest BCUT2D eigenvalue weighted by Gasteiger charge is 2.63. The van der Waals surface area contributed by atoms with Crippen LogP contribution < -0.4 is 5.32 Å². The third kappa shape index (κ3) is 2.07. The molecule has 5 aliphatic rings. The third-order valence-electron chi connectivity index (χ3n) is 6.98. The van der Waals surface area contributed by atoms with Crippen molar-refractivity contribution in [1.29, 1.82) is 0 Å². The average Bonchev–Trinajstić information content (AvgIpc) is 2.86. The molecule has 5 fully saturated rings. The summed E-state index contributed by atoms with van der Waals surface area (Å²) in [4.78, 5) is 15.5. The van der Waals surface area contributed by atoms with Gasteiger partial charge in [0.15, 0.2) is 0 Å². The fourth-order valence-electron chi connectivity index (χ4n) is 7.20. The first kappa shape index (κ1) is 14.0. The van der Waals surface area contributed by atoms with Gasteiger partial charge in [-0.15, -0.1) is 0 Å². The van der Waals surface area contributed by atoms with Crippen LogP contribution in [-0.4, -0.2) is 37.0 Å². The van der Waals surface area contributed by atoms with Gasteiger partial charge < -0.3 is 10.2 Å². The van der Waals surface area contributed by atoms with E-state index in [0.717, 1.165) is 38.3 Å². The van der Waals surface area contributed by atoms with Crippen molar-refractivity contribution in [3.8, 4) is 0 Å². The summed E-state index contributed by atoms with van der Waals surface area (Å²) >= 11 is 0. The van der Waals surface area contributed by atoms with Gasteiger partial charge in [-0.05, 0) is 68.2 Å². The van der Waals surface area contributed by atoms with Crippen molar-refractivity contribution < 1.29 is 4.79 Å². The molecule has 3 nitrogen and oxygen atoms in total.